The first-order valence-corrected chi connectivity index (χ1v) is 12.1. The third-order valence-electron chi connectivity index (χ3n) is 5.79. The molecule has 5 nitrogen and oxygen atoms in total. The van der Waals surface area contributed by atoms with Crippen LogP contribution < -0.4 is 10.9 Å². The lowest BCUT2D eigenvalue weighted by Gasteiger charge is -2.24. The van der Waals surface area contributed by atoms with Gasteiger partial charge in [0.05, 0.1) is 0 Å². The maximum atomic E-state index is 13.3. The van der Waals surface area contributed by atoms with Crippen LogP contribution in [0.2, 0.25) is 5.02 Å². The summed E-state index contributed by atoms with van der Waals surface area (Å²) in [7, 11) is 0. The monoisotopic (exact) mass is 468 g/mol. The number of benzene rings is 2. The highest BCUT2D eigenvalue weighted by Gasteiger charge is 2.27. The van der Waals surface area contributed by atoms with E-state index in [2.05, 4.69) is 10.3 Å². The van der Waals surface area contributed by atoms with Crippen LogP contribution in [0.1, 0.15) is 48.0 Å². The highest BCUT2D eigenvalue weighted by Crippen LogP contribution is 2.30. The van der Waals surface area contributed by atoms with Crippen LogP contribution in [-0.4, -0.2) is 27.3 Å². The number of fused-ring (bicyclic) bond motifs is 1. The number of pyridine rings is 1. The number of hydrogen-bond acceptors (Lipinski definition) is 4. The molecule has 0 saturated heterocycles. The lowest BCUT2D eigenvalue weighted by atomic mass is 10.0. The van der Waals surface area contributed by atoms with Crippen molar-refractivity contribution in [1.82, 2.24) is 10.3 Å². The predicted molar refractivity (Wildman–Crippen MR) is 130 cm³/mol. The molecule has 4 rings (SSSR count). The summed E-state index contributed by atoms with van der Waals surface area (Å²) in [4.78, 5) is 41.2. The Hall–Kier alpha value is -2.57. The molecule has 2 N–H and O–H groups in total. The van der Waals surface area contributed by atoms with E-state index >= 15 is 0 Å². The molecule has 1 saturated carbocycles. The van der Waals surface area contributed by atoms with Crippen molar-refractivity contribution in [3.63, 3.8) is 0 Å². The fraction of sp³-hybridized carbons (Fsp3) is 0.320. The first-order chi connectivity index (χ1) is 15.5. The minimum Gasteiger partial charge on any atom is -0.341 e. The number of aromatic nitrogens is 1. The molecule has 1 amide bonds. The number of para-hydroxylation sites is 1. The topological polar surface area (TPSA) is 79.0 Å². The zero-order valence-electron chi connectivity index (χ0n) is 17.6. The quantitative estimate of drug-likeness (QED) is 0.526. The summed E-state index contributed by atoms with van der Waals surface area (Å²) in [5.41, 5.74) is 1.66. The Morgan fingerprint density at radius 3 is 2.53 bits per heavy atom. The van der Waals surface area contributed by atoms with Gasteiger partial charge >= 0.3 is 0 Å². The summed E-state index contributed by atoms with van der Waals surface area (Å²) in [6.45, 7) is 0. The second kappa shape index (κ2) is 10.4. The van der Waals surface area contributed by atoms with Gasteiger partial charge in [0.2, 0.25) is 10.7 Å². The van der Waals surface area contributed by atoms with Gasteiger partial charge in [-0.25, -0.2) is 0 Å². The van der Waals surface area contributed by atoms with Crippen LogP contribution in [0.25, 0.3) is 10.9 Å². The summed E-state index contributed by atoms with van der Waals surface area (Å²) in [5, 5.41) is 4.53. The summed E-state index contributed by atoms with van der Waals surface area (Å²) in [5.74, 6) is -0.335. The fourth-order valence-electron chi connectivity index (χ4n) is 4.13. The molecular formula is C25H25ClN2O3S. The Kier molecular flexibility index (Phi) is 7.33. The summed E-state index contributed by atoms with van der Waals surface area (Å²) < 4.78 is 0. The molecule has 32 heavy (non-hydrogen) atoms. The predicted octanol–water partition coefficient (Wildman–Crippen LogP) is 5.12. The van der Waals surface area contributed by atoms with E-state index in [1.807, 2.05) is 24.3 Å². The summed E-state index contributed by atoms with van der Waals surface area (Å²) in [6, 6.07) is 14.8. The van der Waals surface area contributed by atoms with Gasteiger partial charge in [-0.05, 0) is 48.7 Å². The van der Waals surface area contributed by atoms with Gasteiger partial charge in [-0.1, -0.05) is 60.8 Å². The van der Waals surface area contributed by atoms with Crippen LogP contribution >= 0.6 is 23.4 Å². The molecule has 1 unspecified atom stereocenters. The van der Waals surface area contributed by atoms with E-state index < -0.39 is 6.04 Å². The number of nitrogens with one attached hydrogen (secondary N) is 2. The number of thioether (sulfide) groups is 1. The van der Waals surface area contributed by atoms with Gasteiger partial charge in [0.25, 0.3) is 5.91 Å². The van der Waals surface area contributed by atoms with E-state index in [-0.39, 0.29) is 28.3 Å². The number of halogens is 1. The first kappa shape index (κ1) is 22.6. The van der Waals surface area contributed by atoms with Crippen LogP contribution in [0.5, 0.6) is 0 Å². The van der Waals surface area contributed by atoms with E-state index in [0.29, 0.717) is 16.1 Å². The maximum Gasteiger partial charge on any atom is 0.251 e. The lowest BCUT2D eigenvalue weighted by Crippen LogP contribution is -2.42. The van der Waals surface area contributed by atoms with Gasteiger partial charge in [-0.15, -0.1) is 0 Å². The van der Waals surface area contributed by atoms with Crippen molar-refractivity contribution in [3.8, 4) is 0 Å². The molecule has 7 heteroatoms. The number of carbonyl (C=O) groups excluding carboxylic acids is 2. The Morgan fingerprint density at radius 2 is 1.78 bits per heavy atom. The second-order valence-corrected chi connectivity index (χ2v) is 9.88. The largest absolute Gasteiger partial charge is 0.341 e. The third kappa shape index (κ3) is 5.61. The highest BCUT2D eigenvalue weighted by molar-refractivity contribution is 8.14. The Morgan fingerprint density at radius 1 is 1.06 bits per heavy atom. The van der Waals surface area contributed by atoms with Crippen LogP contribution in [-0.2, 0) is 11.2 Å². The van der Waals surface area contributed by atoms with E-state index in [1.54, 1.807) is 24.3 Å². The van der Waals surface area contributed by atoms with E-state index in [4.69, 9.17) is 11.6 Å². The molecule has 0 bridgehead atoms. The zero-order chi connectivity index (χ0) is 22.5. The van der Waals surface area contributed by atoms with Crippen molar-refractivity contribution >= 4 is 45.3 Å². The standard InChI is InChI=1S/C25H25ClN2O3S/c26-18-12-10-16(11-13-18)24(30)28-22(25(31)32-19-6-2-1-3-7-19)14-17-15-23(29)27-21-9-5-4-8-20(17)21/h4-5,8-13,15,19,22H,1-3,6-7,14H2,(H,27,29)(H,28,30). The molecule has 1 aromatic heterocycles. The molecule has 0 aliphatic heterocycles. The first-order valence-electron chi connectivity index (χ1n) is 10.9. The second-order valence-electron chi connectivity index (χ2n) is 8.14. The lowest BCUT2D eigenvalue weighted by molar-refractivity contribution is -0.112. The normalized spacial score (nSPS) is 15.4. The molecule has 0 spiro atoms. The minimum absolute atomic E-state index is 0.0661. The van der Waals surface area contributed by atoms with E-state index in [1.165, 1.54) is 24.2 Å². The Labute approximate surface area is 195 Å². The average molecular weight is 469 g/mol. The van der Waals surface area contributed by atoms with Crippen LogP contribution in [0, 0.1) is 0 Å². The molecular weight excluding hydrogens is 444 g/mol. The molecule has 1 fully saturated rings. The van der Waals surface area contributed by atoms with Crippen LogP contribution in [0.4, 0.5) is 0 Å². The maximum absolute atomic E-state index is 13.3. The Bertz CT molecular complexity index is 1170. The molecule has 1 atom stereocenters. The SMILES string of the molecule is O=C(NC(Cc1cc(=O)[nH]c2ccccc12)C(=O)SC1CCCCC1)c1ccc(Cl)cc1. The van der Waals surface area contributed by atoms with Crippen molar-refractivity contribution < 1.29 is 9.59 Å². The molecule has 0 radical (unpaired) electrons. The van der Waals surface area contributed by atoms with Crippen molar-refractivity contribution in [2.45, 2.75) is 49.8 Å². The van der Waals surface area contributed by atoms with Crippen molar-refractivity contribution in [3.05, 3.63) is 81.1 Å². The third-order valence-corrected chi connectivity index (χ3v) is 7.37. The van der Waals surface area contributed by atoms with Crippen LogP contribution in [0.15, 0.2) is 59.4 Å². The zero-order valence-corrected chi connectivity index (χ0v) is 19.2. The van der Waals surface area contributed by atoms with Gasteiger partial charge in [0.15, 0.2) is 0 Å². The van der Waals surface area contributed by atoms with Crippen LogP contribution in [0.3, 0.4) is 0 Å². The smallest absolute Gasteiger partial charge is 0.251 e. The van der Waals surface area contributed by atoms with E-state index in [9.17, 15) is 14.4 Å². The van der Waals surface area contributed by atoms with Gasteiger partial charge < -0.3 is 10.3 Å². The fourth-order valence-corrected chi connectivity index (χ4v) is 5.46. The number of amides is 1. The van der Waals surface area contributed by atoms with Gasteiger partial charge in [-0.3, -0.25) is 14.4 Å². The molecule has 1 heterocycles. The molecule has 1 aliphatic carbocycles. The van der Waals surface area contributed by atoms with E-state index in [0.717, 1.165) is 36.6 Å². The summed E-state index contributed by atoms with van der Waals surface area (Å²) >= 11 is 7.27. The van der Waals surface area contributed by atoms with Crippen molar-refractivity contribution in [1.29, 1.82) is 0 Å². The number of rotatable bonds is 6. The molecule has 2 aromatic carbocycles. The Balaban J connectivity index is 1.61. The minimum atomic E-state index is -0.740. The molecule has 166 valence electrons. The van der Waals surface area contributed by atoms with Gasteiger partial charge in [-0.2, -0.15) is 0 Å². The van der Waals surface area contributed by atoms with Crippen molar-refractivity contribution in [2.75, 3.05) is 0 Å². The van der Waals surface area contributed by atoms with Gasteiger partial charge in [0.1, 0.15) is 6.04 Å². The van der Waals surface area contributed by atoms with Gasteiger partial charge in [0, 0.05) is 39.2 Å². The number of aromatic amines is 1. The number of carbonyl (C=O) groups is 2. The highest BCUT2D eigenvalue weighted by atomic mass is 35.5. The average Bonchev–Trinajstić information content (AvgIpc) is 2.79. The molecule has 3 aromatic rings. The molecule has 1 aliphatic rings. The van der Waals surface area contributed by atoms with Crippen molar-refractivity contribution in [2.24, 2.45) is 0 Å². The summed E-state index contributed by atoms with van der Waals surface area (Å²) in [6.07, 6.45) is 5.75. The number of H-pyrrole nitrogens is 1. The number of hydrogen-bond donors (Lipinski definition) is 2.